The minimum Gasteiger partial charge on any atom is -0.305 e. The first kappa shape index (κ1) is 18.3. The molecule has 0 bridgehead atoms. The smallest absolute Gasteiger partial charge is 0.261 e. The molecule has 0 saturated heterocycles. The lowest BCUT2D eigenvalue weighted by Gasteiger charge is -2.23. The largest absolute Gasteiger partial charge is 0.305 e. The summed E-state index contributed by atoms with van der Waals surface area (Å²) in [7, 11) is 0. The Hall–Kier alpha value is -3.73. The van der Waals surface area contributed by atoms with Gasteiger partial charge in [-0.15, -0.1) is 0 Å². The molecule has 0 N–H and O–H groups in total. The zero-order chi connectivity index (χ0) is 20.8. The number of fused-ring (bicyclic) bond motifs is 2. The van der Waals surface area contributed by atoms with Crippen LogP contribution in [0.25, 0.3) is 0 Å². The van der Waals surface area contributed by atoms with Crippen molar-refractivity contribution >= 4 is 23.4 Å². The van der Waals surface area contributed by atoms with Gasteiger partial charge in [-0.1, -0.05) is 42.5 Å². The van der Waals surface area contributed by atoms with Gasteiger partial charge in [-0.25, -0.2) is 0 Å². The molecule has 0 aliphatic carbocycles. The van der Waals surface area contributed by atoms with E-state index < -0.39 is 0 Å². The molecule has 3 aromatic rings. The van der Waals surface area contributed by atoms with E-state index in [1.54, 1.807) is 36.4 Å². The van der Waals surface area contributed by atoms with Crippen LogP contribution in [-0.4, -0.2) is 28.7 Å². The SMILES string of the molecule is C[C@@H]1Cc2ccccc2N1C(=O)c1ccc(CN2C(=O)c3ccccc3C2=O)cc1. The maximum Gasteiger partial charge on any atom is 0.261 e. The fourth-order valence-corrected chi connectivity index (χ4v) is 4.33. The highest BCUT2D eigenvalue weighted by Gasteiger charge is 2.35. The van der Waals surface area contributed by atoms with Gasteiger partial charge >= 0.3 is 0 Å². The number of nitrogens with zero attached hydrogens (tertiary/aromatic N) is 2. The number of benzene rings is 3. The Labute approximate surface area is 174 Å². The van der Waals surface area contributed by atoms with Gasteiger partial charge in [0.15, 0.2) is 0 Å². The van der Waals surface area contributed by atoms with Crippen molar-refractivity contribution in [3.05, 3.63) is 101 Å². The Bertz CT molecular complexity index is 1150. The molecule has 0 fully saturated rings. The molecular weight excluding hydrogens is 376 g/mol. The molecule has 0 radical (unpaired) electrons. The summed E-state index contributed by atoms with van der Waals surface area (Å²) in [5, 5.41) is 0. The quantitative estimate of drug-likeness (QED) is 0.627. The van der Waals surface area contributed by atoms with Crippen LogP contribution in [0, 0.1) is 0 Å². The van der Waals surface area contributed by atoms with Gasteiger partial charge in [-0.2, -0.15) is 0 Å². The molecule has 0 unspecified atom stereocenters. The Morgan fingerprint density at radius 1 is 0.867 bits per heavy atom. The maximum absolute atomic E-state index is 13.1. The zero-order valence-electron chi connectivity index (χ0n) is 16.5. The van der Waals surface area contributed by atoms with E-state index in [1.807, 2.05) is 35.2 Å². The van der Waals surface area contributed by atoms with Crippen LogP contribution in [0.1, 0.15) is 49.1 Å². The highest BCUT2D eigenvalue weighted by Crippen LogP contribution is 2.33. The number of para-hydroxylation sites is 1. The first-order valence-corrected chi connectivity index (χ1v) is 10.00. The van der Waals surface area contributed by atoms with Crippen LogP contribution in [0.4, 0.5) is 5.69 Å². The fourth-order valence-electron chi connectivity index (χ4n) is 4.33. The van der Waals surface area contributed by atoms with E-state index in [0.29, 0.717) is 16.7 Å². The number of hydrogen-bond acceptors (Lipinski definition) is 3. The highest BCUT2D eigenvalue weighted by atomic mass is 16.2. The van der Waals surface area contributed by atoms with Gasteiger partial charge in [-0.05, 0) is 54.8 Å². The Morgan fingerprint density at radius 2 is 1.47 bits per heavy atom. The summed E-state index contributed by atoms with van der Waals surface area (Å²) >= 11 is 0. The van der Waals surface area contributed by atoms with Gasteiger partial charge in [0.05, 0.1) is 17.7 Å². The summed E-state index contributed by atoms with van der Waals surface area (Å²) in [4.78, 5) is 41.3. The molecule has 2 aliphatic heterocycles. The summed E-state index contributed by atoms with van der Waals surface area (Å²) < 4.78 is 0. The molecule has 0 aromatic heterocycles. The molecule has 2 aliphatic rings. The van der Waals surface area contributed by atoms with Crippen molar-refractivity contribution in [2.45, 2.75) is 25.9 Å². The van der Waals surface area contributed by atoms with E-state index in [-0.39, 0.29) is 30.3 Å². The van der Waals surface area contributed by atoms with Gasteiger partial charge in [0.2, 0.25) is 0 Å². The topological polar surface area (TPSA) is 57.7 Å². The average Bonchev–Trinajstić information content (AvgIpc) is 3.23. The van der Waals surface area contributed by atoms with Crippen molar-refractivity contribution in [2.75, 3.05) is 4.90 Å². The van der Waals surface area contributed by atoms with Crippen LogP contribution in [0.5, 0.6) is 0 Å². The standard InChI is InChI=1S/C25H20N2O3/c1-16-14-19-6-2-5-9-22(19)27(16)23(28)18-12-10-17(11-13-18)15-26-24(29)20-7-3-4-8-21(20)25(26)30/h2-13,16H,14-15H2,1H3/t16-/m1/s1. The molecule has 5 heteroatoms. The predicted octanol–water partition coefficient (Wildman–Crippen LogP) is 4.07. The number of amides is 3. The molecule has 1 atom stereocenters. The van der Waals surface area contributed by atoms with Crippen LogP contribution < -0.4 is 4.90 Å². The van der Waals surface area contributed by atoms with Crippen LogP contribution in [0.15, 0.2) is 72.8 Å². The predicted molar refractivity (Wildman–Crippen MR) is 114 cm³/mol. The van der Waals surface area contributed by atoms with Gasteiger partial charge in [0.25, 0.3) is 17.7 Å². The monoisotopic (exact) mass is 396 g/mol. The van der Waals surface area contributed by atoms with E-state index >= 15 is 0 Å². The van der Waals surface area contributed by atoms with Crippen molar-refractivity contribution in [1.29, 1.82) is 0 Å². The molecule has 3 aromatic carbocycles. The lowest BCUT2D eigenvalue weighted by molar-refractivity contribution is 0.0642. The zero-order valence-corrected chi connectivity index (χ0v) is 16.5. The van der Waals surface area contributed by atoms with Crippen molar-refractivity contribution in [1.82, 2.24) is 4.90 Å². The lowest BCUT2D eigenvalue weighted by Crippen LogP contribution is -2.35. The van der Waals surface area contributed by atoms with Gasteiger partial charge in [0.1, 0.15) is 0 Å². The number of carbonyl (C=O) groups excluding carboxylic acids is 3. The van der Waals surface area contributed by atoms with Crippen molar-refractivity contribution in [3.63, 3.8) is 0 Å². The molecule has 0 spiro atoms. The highest BCUT2D eigenvalue weighted by molar-refractivity contribution is 6.21. The Balaban J connectivity index is 1.35. The molecule has 5 nitrogen and oxygen atoms in total. The van der Waals surface area contributed by atoms with Crippen molar-refractivity contribution in [3.8, 4) is 0 Å². The number of rotatable bonds is 3. The van der Waals surface area contributed by atoms with E-state index in [0.717, 1.165) is 17.7 Å². The van der Waals surface area contributed by atoms with Crippen LogP contribution in [-0.2, 0) is 13.0 Å². The molecule has 2 heterocycles. The van der Waals surface area contributed by atoms with Gasteiger partial charge < -0.3 is 4.90 Å². The summed E-state index contributed by atoms with van der Waals surface area (Å²) in [6.45, 7) is 2.23. The molecule has 148 valence electrons. The maximum atomic E-state index is 13.1. The van der Waals surface area contributed by atoms with E-state index in [4.69, 9.17) is 0 Å². The number of imide groups is 1. The Kier molecular flexibility index (Phi) is 4.24. The minimum absolute atomic E-state index is 0.0419. The van der Waals surface area contributed by atoms with Crippen LogP contribution in [0.3, 0.4) is 0 Å². The Morgan fingerprint density at radius 3 is 2.13 bits per heavy atom. The molecule has 30 heavy (non-hydrogen) atoms. The third-order valence-electron chi connectivity index (χ3n) is 5.85. The number of anilines is 1. The van der Waals surface area contributed by atoms with Gasteiger partial charge in [0, 0.05) is 17.3 Å². The fraction of sp³-hybridized carbons (Fsp3) is 0.160. The number of hydrogen-bond donors (Lipinski definition) is 0. The summed E-state index contributed by atoms with van der Waals surface area (Å²) in [5.41, 5.74) is 4.42. The van der Waals surface area contributed by atoms with Crippen LogP contribution >= 0.6 is 0 Å². The summed E-state index contributed by atoms with van der Waals surface area (Å²) in [6, 6.07) is 22.1. The van der Waals surface area contributed by atoms with Crippen molar-refractivity contribution < 1.29 is 14.4 Å². The normalized spacial score (nSPS) is 17.3. The first-order valence-electron chi connectivity index (χ1n) is 10.00. The van der Waals surface area contributed by atoms with Crippen LogP contribution in [0.2, 0.25) is 0 Å². The number of carbonyl (C=O) groups is 3. The molecular formula is C25H20N2O3. The third kappa shape index (κ3) is 2.82. The molecule has 5 rings (SSSR count). The van der Waals surface area contributed by atoms with Gasteiger partial charge in [-0.3, -0.25) is 19.3 Å². The third-order valence-corrected chi connectivity index (χ3v) is 5.85. The first-order chi connectivity index (χ1) is 14.5. The summed E-state index contributed by atoms with van der Waals surface area (Å²) in [5.74, 6) is -0.601. The lowest BCUT2D eigenvalue weighted by atomic mass is 10.1. The second kappa shape index (κ2) is 6.95. The second-order valence-corrected chi connectivity index (χ2v) is 7.80. The second-order valence-electron chi connectivity index (χ2n) is 7.80. The molecule has 0 saturated carbocycles. The average molecular weight is 396 g/mol. The molecule has 3 amide bonds. The summed E-state index contributed by atoms with van der Waals surface area (Å²) in [6.07, 6.45) is 0.847. The van der Waals surface area contributed by atoms with E-state index in [1.165, 1.54) is 10.5 Å². The van der Waals surface area contributed by atoms with E-state index in [9.17, 15) is 14.4 Å². The van der Waals surface area contributed by atoms with Crippen molar-refractivity contribution in [2.24, 2.45) is 0 Å². The van der Waals surface area contributed by atoms with E-state index in [2.05, 4.69) is 13.0 Å². The minimum atomic E-state index is -0.279.